The van der Waals surface area contributed by atoms with Gasteiger partial charge in [0.05, 0.1) is 23.9 Å². The molecule has 1 aromatic heterocycles. The van der Waals surface area contributed by atoms with E-state index < -0.39 is 36.1 Å². The number of aromatic nitrogens is 2. The van der Waals surface area contributed by atoms with E-state index in [1.165, 1.54) is 19.3 Å². The Balaban J connectivity index is 1.39. The van der Waals surface area contributed by atoms with E-state index in [1.807, 2.05) is 6.92 Å². The van der Waals surface area contributed by atoms with Crippen molar-refractivity contribution in [3.63, 3.8) is 0 Å². The Morgan fingerprint density at radius 3 is 2.29 bits per heavy atom. The molecule has 3 aliphatic rings. The van der Waals surface area contributed by atoms with Crippen LogP contribution in [0.4, 0.5) is 23.4 Å². The summed E-state index contributed by atoms with van der Waals surface area (Å²) >= 11 is 0. The van der Waals surface area contributed by atoms with Gasteiger partial charge in [0, 0.05) is 64.8 Å². The molecule has 1 aliphatic carbocycles. The van der Waals surface area contributed by atoms with Crippen LogP contribution in [0.5, 0.6) is 5.75 Å². The number of aliphatic hydroxyl groups is 1. The van der Waals surface area contributed by atoms with Crippen molar-refractivity contribution >= 4 is 18.0 Å². The van der Waals surface area contributed by atoms with Gasteiger partial charge < -0.3 is 24.4 Å². The van der Waals surface area contributed by atoms with E-state index in [1.54, 1.807) is 4.90 Å². The monoisotopic (exact) mass is 594 g/mol. The molecule has 0 radical (unpaired) electrons. The topological polar surface area (TPSA) is 102 Å². The molecular weight excluding hydrogens is 560 g/mol. The van der Waals surface area contributed by atoms with Gasteiger partial charge in [-0.3, -0.25) is 14.6 Å². The summed E-state index contributed by atoms with van der Waals surface area (Å²) in [6.07, 6.45) is -3.46. The molecule has 0 bridgehead atoms. The van der Waals surface area contributed by atoms with Gasteiger partial charge in [-0.25, -0.2) is 14.4 Å². The molecule has 2 saturated heterocycles. The lowest BCUT2D eigenvalue weighted by atomic mass is 9.94. The summed E-state index contributed by atoms with van der Waals surface area (Å²) in [5.41, 5.74) is 1.82. The highest BCUT2D eigenvalue weighted by Gasteiger charge is 2.39. The maximum atomic E-state index is 14.7. The van der Waals surface area contributed by atoms with Gasteiger partial charge in [0.2, 0.25) is 5.91 Å². The van der Waals surface area contributed by atoms with Crippen LogP contribution in [-0.2, 0) is 9.59 Å². The molecule has 228 valence electrons. The average Bonchev–Trinajstić information content (AvgIpc) is 3.25. The predicted molar refractivity (Wildman–Crippen MR) is 143 cm³/mol. The number of hydrogen-bond donors (Lipinski definition) is 1. The zero-order chi connectivity index (χ0) is 30.2. The number of fused-ring (bicyclic) bond motifs is 1. The number of aldehydes is 1. The Bertz CT molecular complexity index is 1300. The van der Waals surface area contributed by atoms with Crippen LogP contribution in [0.2, 0.25) is 0 Å². The number of anilines is 1. The smallest absolute Gasteiger partial charge is 0.403 e. The minimum absolute atomic E-state index is 0.0502. The number of aliphatic hydroxyl groups excluding tert-OH is 1. The van der Waals surface area contributed by atoms with E-state index in [0.717, 1.165) is 23.5 Å². The largest absolute Gasteiger partial charge is 0.573 e. The summed E-state index contributed by atoms with van der Waals surface area (Å²) in [5.74, 6) is -2.22. The fourth-order valence-corrected chi connectivity index (χ4v) is 6.39. The van der Waals surface area contributed by atoms with Gasteiger partial charge in [-0.05, 0) is 30.0 Å². The van der Waals surface area contributed by atoms with Gasteiger partial charge in [-0.15, -0.1) is 13.2 Å². The molecule has 14 heteroatoms. The van der Waals surface area contributed by atoms with Crippen molar-refractivity contribution in [3.8, 4) is 5.75 Å². The minimum atomic E-state index is -5.05. The van der Waals surface area contributed by atoms with Crippen LogP contribution in [0.25, 0.3) is 0 Å². The molecule has 10 nitrogen and oxygen atoms in total. The lowest BCUT2D eigenvalue weighted by Crippen LogP contribution is -2.62. The molecule has 4 atom stereocenters. The fraction of sp³-hybridized carbons (Fsp3) is 0.571. The first kappa shape index (κ1) is 30.1. The normalized spacial score (nSPS) is 23.4. The molecule has 2 fully saturated rings. The third-order valence-electron chi connectivity index (χ3n) is 8.43. The van der Waals surface area contributed by atoms with E-state index in [0.29, 0.717) is 70.8 Å². The van der Waals surface area contributed by atoms with E-state index in [4.69, 9.17) is 0 Å². The Kier molecular flexibility index (Phi) is 8.67. The van der Waals surface area contributed by atoms with Gasteiger partial charge in [0.1, 0.15) is 18.4 Å². The molecule has 42 heavy (non-hydrogen) atoms. The first-order valence-electron chi connectivity index (χ1n) is 14.0. The summed E-state index contributed by atoms with van der Waals surface area (Å²) in [4.78, 5) is 41.4. The Morgan fingerprint density at radius 1 is 1.07 bits per heavy atom. The van der Waals surface area contributed by atoms with Crippen molar-refractivity contribution in [1.29, 1.82) is 0 Å². The van der Waals surface area contributed by atoms with Crippen LogP contribution in [0.15, 0.2) is 24.5 Å². The van der Waals surface area contributed by atoms with Gasteiger partial charge in [-0.1, -0.05) is 13.0 Å². The minimum Gasteiger partial charge on any atom is -0.403 e. The lowest BCUT2D eigenvalue weighted by Gasteiger charge is -2.48. The second-order valence-corrected chi connectivity index (χ2v) is 11.0. The zero-order valence-electron chi connectivity index (χ0n) is 23.4. The molecule has 1 aromatic carbocycles. The first-order valence-corrected chi connectivity index (χ1v) is 14.0. The highest BCUT2D eigenvalue weighted by atomic mass is 19.4. The molecule has 5 rings (SSSR count). The number of nitrogens with zero attached hydrogens (tertiary/aromatic N) is 6. The van der Waals surface area contributed by atoms with Crippen LogP contribution in [0, 0.1) is 5.82 Å². The highest BCUT2D eigenvalue weighted by molar-refractivity contribution is 5.73. The van der Waals surface area contributed by atoms with E-state index in [9.17, 15) is 32.3 Å². The molecule has 3 heterocycles. The van der Waals surface area contributed by atoms with Crippen molar-refractivity contribution < 1.29 is 37.0 Å². The van der Waals surface area contributed by atoms with Crippen LogP contribution >= 0.6 is 0 Å². The number of carbonyl (C=O) groups is 2. The fourth-order valence-electron chi connectivity index (χ4n) is 6.39. The zero-order valence-corrected chi connectivity index (χ0v) is 23.4. The van der Waals surface area contributed by atoms with Crippen LogP contribution < -0.4 is 9.64 Å². The van der Waals surface area contributed by atoms with Gasteiger partial charge in [0.15, 0.2) is 11.6 Å². The van der Waals surface area contributed by atoms with Crippen molar-refractivity contribution in [1.82, 2.24) is 24.7 Å². The maximum absolute atomic E-state index is 14.7. The van der Waals surface area contributed by atoms with Gasteiger partial charge in [-0.2, -0.15) is 0 Å². The highest BCUT2D eigenvalue weighted by Crippen LogP contribution is 2.43. The number of rotatable bonds is 7. The van der Waals surface area contributed by atoms with Crippen LogP contribution in [-0.4, -0.2) is 107 Å². The number of benzene rings is 1. The number of hydrogen-bond acceptors (Lipinski definition) is 9. The molecule has 1 N–H and O–H groups in total. The SMILES string of the molecule is CC(=O)N1CCN(C(C(C=O)c2ccc(OC(F)(F)F)c(F)c2)N2CCN(c3ncnc4c3[C@H](C)C[C@H]4O)CC2)CC1. The number of piperazine rings is 2. The predicted octanol–water partition coefficient (Wildman–Crippen LogP) is 2.65. The van der Waals surface area contributed by atoms with E-state index in [-0.39, 0.29) is 17.4 Å². The van der Waals surface area contributed by atoms with Crippen molar-refractivity contribution in [2.24, 2.45) is 0 Å². The Morgan fingerprint density at radius 2 is 1.71 bits per heavy atom. The first-order chi connectivity index (χ1) is 20.0. The van der Waals surface area contributed by atoms with Gasteiger partial charge >= 0.3 is 6.36 Å². The number of carbonyl (C=O) groups excluding carboxylic acids is 2. The second kappa shape index (κ2) is 12.1. The average molecular weight is 595 g/mol. The number of alkyl halides is 3. The molecule has 0 spiro atoms. The summed E-state index contributed by atoms with van der Waals surface area (Å²) in [6, 6.07) is 3.10. The van der Waals surface area contributed by atoms with Crippen LogP contribution in [0.1, 0.15) is 55.0 Å². The second-order valence-electron chi connectivity index (χ2n) is 11.0. The van der Waals surface area contributed by atoms with Crippen molar-refractivity contribution in [3.05, 3.63) is 47.2 Å². The standard InChI is InChI=1S/C28H34F4N6O4/c1-17-13-22(41)25-24(17)26(34-16-33-25)36-7-11-38(12-8-36)27(37-9-5-35(6-10-37)18(2)40)20(15-39)19-3-4-23(21(29)14-19)42-28(30,31)32/h3-4,14-17,20,22,27,41H,5-13H2,1-2H3/t17-,20?,22-,27?/m1/s1. The Labute approximate surface area is 240 Å². The quantitative estimate of drug-likeness (QED) is 0.383. The van der Waals surface area contributed by atoms with Gasteiger partial charge in [0.25, 0.3) is 0 Å². The Hall–Kier alpha value is -3.36. The molecule has 0 saturated carbocycles. The summed E-state index contributed by atoms with van der Waals surface area (Å²) < 4.78 is 56.6. The molecule has 2 aromatic rings. The number of halogens is 4. The van der Waals surface area contributed by atoms with Crippen molar-refractivity contribution in [2.75, 3.05) is 57.3 Å². The summed E-state index contributed by atoms with van der Waals surface area (Å²) in [5, 5.41) is 10.4. The number of amides is 1. The molecule has 2 unspecified atom stereocenters. The third kappa shape index (κ3) is 6.20. The van der Waals surface area contributed by atoms with Crippen molar-refractivity contribution in [2.45, 2.75) is 50.7 Å². The van der Waals surface area contributed by atoms with E-state index >= 15 is 0 Å². The summed E-state index contributed by atoms with van der Waals surface area (Å²) in [6.45, 7) is 7.57. The molecule has 1 amide bonds. The lowest BCUT2D eigenvalue weighted by molar-refractivity contribution is -0.275. The van der Waals surface area contributed by atoms with E-state index in [2.05, 4.69) is 29.4 Å². The third-order valence-corrected chi connectivity index (χ3v) is 8.43. The molecular formula is C28H34F4N6O4. The number of ether oxygens (including phenoxy) is 1. The van der Waals surface area contributed by atoms with Crippen LogP contribution in [0.3, 0.4) is 0 Å². The molecule has 2 aliphatic heterocycles. The maximum Gasteiger partial charge on any atom is 0.573 e. The summed E-state index contributed by atoms with van der Waals surface area (Å²) in [7, 11) is 0.